The molecular weight excluding hydrogens is 434 g/mol. The molecule has 0 aliphatic rings. The van der Waals surface area contributed by atoms with E-state index in [1.54, 1.807) is 24.3 Å². The van der Waals surface area contributed by atoms with Crippen molar-refractivity contribution < 1.29 is 13.2 Å². The number of sulfonamides is 1. The van der Waals surface area contributed by atoms with Gasteiger partial charge in [0.1, 0.15) is 5.69 Å². The molecule has 4 rings (SSSR count). The molecule has 1 N–H and O–H groups in total. The lowest BCUT2D eigenvalue weighted by atomic mass is 10.1. The number of amides is 1. The van der Waals surface area contributed by atoms with Gasteiger partial charge in [-0.05, 0) is 42.3 Å². The number of fused-ring (bicyclic) bond motifs is 1. The van der Waals surface area contributed by atoms with Crippen molar-refractivity contribution in [2.45, 2.75) is 24.9 Å². The zero-order valence-electron chi connectivity index (χ0n) is 18.9. The van der Waals surface area contributed by atoms with Gasteiger partial charge in [-0.3, -0.25) is 4.79 Å². The molecular formula is C26H27N3O3S. The number of aryl methyl sites for hydroxylation is 1. The van der Waals surface area contributed by atoms with Crippen LogP contribution in [0.1, 0.15) is 27.2 Å². The van der Waals surface area contributed by atoms with Crippen LogP contribution >= 0.6 is 0 Å². The number of hydrogen-bond donors (Lipinski definition) is 1. The van der Waals surface area contributed by atoms with Gasteiger partial charge in [-0.1, -0.05) is 60.2 Å². The maximum absolute atomic E-state index is 13.2. The molecule has 0 fully saturated rings. The van der Waals surface area contributed by atoms with Crippen molar-refractivity contribution in [3.63, 3.8) is 0 Å². The Hall–Kier alpha value is -3.42. The average Bonchev–Trinajstić information content (AvgIpc) is 3.16. The van der Waals surface area contributed by atoms with Gasteiger partial charge < -0.3 is 9.88 Å². The summed E-state index contributed by atoms with van der Waals surface area (Å²) >= 11 is 0. The van der Waals surface area contributed by atoms with Crippen molar-refractivity contribution >= 4 is 26.8 Å². The van der Waals surface area contributed by atoms with Gasteiger partial charge in [-0.2, -0.15) is 0 Å². The first-order valence-corrected chi connectivity index (χ1v) is 12.1. The second-order valence-corrected chi connectivity index (χ2v) is 10.4. The number of carbonyl (C=O) groups excluding carboxylic acids is 1. The molecule has 0 atom stereocenters. The van der Waals surface area contributed by atoms with Crippen LogP contribution in [0.25, 0.3) is 10.9 Å². The topological polar surface area (TPSA) is 71.4 Å². The smallest absolute Gasteiger partial charge is 0.268 e. The number of benzene rings is 3. The molecule has 1 amide bonds. The molecule has 0 radical (unpaired) electrons. The summed E-state index contributed by atoms with van der Waals surface area (Å²) in [5, 5.41) is 3.71. The third kappa shape index (κ3) is 4.84. The van der Waals surface area contributed by atoms with Gasteiger partial charge in [-0.25, -0.2) is 12.7 Å². The monoisotopic (exact) mass is 461 g/mol. The summed E-state index contributed by atoms with van der Waals surface area (Å²) in [4.78, 5) is 13.4. The SMILES string of the molecule is Cc1cccc(CNC(=O)c2cc3cc(S(=O)(=O)N(C)C)ccc3n2Cc2ccccc2)c1. The fourth-order valence-electron chi connectivity index (χ4n) is 3.84. The predicted molar refractivity (Wildman–Crippen MR) is 131 cm³/mol. The first-order valence-electron chi connectivity index (χ1n) is 10.7. The zero-order valence-corrected chi connectivity index (χ0v) is 19.8. The predicted octanol–water partition coefficient (Wildman–Crippen LogP) is 4.18. The van der Waals surface area contributed by atoms with Crippen molar-refractivity contribution in [1.82, 2.24) is 14.2 Å². The third-order valence-corrected chi connectivity index (χ3v) is 7.41. The van der Waals surface area contributed by atoms with E-state index in [4.69, 9.17) is 0 Å². The minimum Gasteiger partial charge on any atom is -0.347 e. The number of nitrogens with one attached hydrogen (secondary N) is 1. The van der Waals surface area contributed by atoms with Gasteiger partial charge in [0.25, 0.3) is 5.91 Å². The van der Waals surface area contributed by atoms with Gasteiger partial charge in [0.05, 0.1) is 4.90 Å². The fraction of sp³-hybridized carbons (Fsp3) is 0.192. The Morgan fingerprint density at radius 1 is 0.909 bits per heavy atom. The number of carbonyl (C=O) groups is 1. The van der Waals surface area contributed by atoms with Crippen molar-refractivity contribution in [3.8, 4) is 0 Å². The van der Waals surface area contributed by atoms with Crippen LogP contribution in [0, 0.1) is 6.92 Å². The number of hydrogen-bond acceptors (Lipinski definition) is 3. The minimum absolute atomic E-state index is 0.198. The van der Waals surface area contributed by atoms with E-state index in [2.05, 4.69) is 5.32 Å². The lowest BCUT2D eigenvalue weighted by Gasteiger charge is -2.13. The molecule has 0 bridgehead atoms. The highest BCUT2D eigenvalue weighted by atomic mass is 32.2. The maximum Gasteiger partial charge on any atom is 0.268 e. The van der Waals surface area contributed by atoms with Crippen LogP contribution in [0.4, 0.5) is 0 Å². The quantitative estimate of drug-likeness (QED) is 0.449. The van der Waals surface area contributed by atoms with Crippen LogP contribution in [0.15, 0.2) is 83.8 Å². The van der Waals surface area contributed by atoms with E-state index in [-0.39, 0.29) is 10.8 Å². The molecule has 0 unspecified atom stereocenters. The normalized spacial score (nSPS) is 11.8. The van der Waals surface area contributed by atoms with E-state index in [0.29, 0.717) is 24.2 Å². The summed E-state index contributed by atoms with van der Waals surface area (Å²) in [6, 6.07) is 24.6. The molecule has 0 aliphatic heterocycles. The van der Waals surface area contributed by atoms with E-state index in [1.165, 1.54) is 18.4 Å². The summed E-state index contributed by atoms with van der Waals surface area (Å²) in [5.74, 6) is -0.208. The molecule has 1 heterocycles. The highest BCUT2D eigenvalue weighted by Gasteiger charge is 2.21. The van der Waals surface area contributed by atoms with E-state index in [9.17, 15) is 13.2 Å². The van der Waals surface area contributed by atoms with Crippen LogP contribution in [-0.4, -0.2) is 37.3 Å². The van der Waals surface area contributed by atoms with E-state index >= 15 is 0 Å². The number of nitrogens with zero attached hydrogens (tertiary/aromatic N) is 2. The van der Waals surface area contributed by atoms with E-state index < -0.39 is 10.0 Å². The van der Waals surface area contributed by atoms with E-state index in [1.807, 2.05) is 66.1 Å². The molecule has 3 aromatic carbocycles. The molecule has 4 aromatic rings. The molecule has 0 aliphatic carbocycles. The van der Waals surface area contributed by atoms with Crippen molar-refractivity contribution in [2.75, 3.05) is 14.1 Å². The van der Waals surface area contributed by atoms with Gasteiger partial charge in [-0.15, -0.1) is 0 Å². The highest BCUT2D eigenvalue weighted by Crippen LogP contribution is 2.26. The Balaban J connectivity index is 1.74. The summed E-state index contributed by atoms with van der Waals surface area (Å²) in [7, 11) is -0.569. The summed E-state index contributed by atoms with van der Waals surface area (Å²) in [6.07, 6.45) is 0. The lowest BCUT2D eigenvalue weighted by molar-refractivity contribution is 0.0942. The molecule has 1 aromatic heterocycles. The molecule has 0 spiro atoms. The van der Waals surface area contributed by atoms with Gasteiger partial charge in [0.15, 0.2) is 0 Å². The van der Waals surface area contributed by atoms with E-state index in [0.717, 1.165) is 22.2 Å². The van der Waals surface area contributed by atoms with Crippen molar-refractivity contribution in [2.24, 2.45) is 0 Å². The highest BCUT2D eigenvalue weighted by molar-refractivity contribution is 7.89. The first-order chi connectivity index (χ1) is 15.8. The molecule has 0 saturated carbocycles. The molecule has 33 heavy (non-hydrogen) atoms. The van der Waals surface area contributed by atoms with Crippen LogP contribution in [0.5, 0.6) is 0 Å². The van der Waals surface area contributed by atoms with Crippen LogP contribution in [0.3, 0.4) is 0 Å². The first kappa shape index (κ1) is 22.8. The summed E-state index contributed by atoms with van der Waals surface area (Å²) < 4.78 is 28.4. The zero-order chi connectivity index (χ0) is 23.6. The largest absolute Gasteiger partial charge is 0.347 e. The third-order valence-electron chi connectivity index (χ3n) is 5.60. The minimum atomic E-state index is -3.58. The summed E-state index contributed by atoms with van der Waals surface area (Å²) in [6.45, 7) is 2.92. The van der Waals surface area contributed by atoms with Crippen LogP contribution in [-0.2, 0) is 23.1 Å². The Labute approximate surface area is 194 Å². The molecule has 0 saturated heterocycles. The number of rotatable bonds is 7. The Bertz CT molecular complexity index is 1410. The van der Waals surface area contributed by atoms with Crippen LogP contribution in [0.2, 0.25) is 0 Å². The van der Waals surface area contributed by atoms with Gasteiger partial charge >= 0.3 is 0 Å². The second kappa shape index (κ2) is 9.21. The standard InChI is InChI=1S/C26H27N3O3S/c1-19-8-7-11-21(14-19)17-27-26(30)25-16-22-15-23(33(31,32)28(2)3)12-13-24(22)29(25)18-20-9-5-4-6-10-20/h4-16H,17-18H2,1-3H3,(H,27,30). The Morgan fingerprint density at radius 3 is 2.33 bits per heavy atom. The number of aromatic nitrogens is 1. The van der Waals surface area contributed by atoms with Crippen LogP contribution < -0.4 is 5.32 Å². The average molecular weight is 462 g/mol. The lowest BCUT2D eigenvalue weighted by Crippen LogP contribution is -2.25. The maximum atomic E-state index is 13.2. The second-order valence-electron chi connectivity index (χ2n) is 8.28. The van der Waals surface area contributed by atoms with Gasteiger partial charge in [0, 0.05) is 38.1 Å². The van der Waals surface area contributed by atoms with Crippen molar-refractivity contribution in [1.29, 1.82) is 0 Å². The fourth-order valence-corrected chi connectivity index (χ4v) is 4.78. The van der Waals surface area contributed by atoms with Gasteiger partial charge in [0.2, 0.25) is 10.0 Å². The molecule has 6 nitrogen and oxygen atoms in total. The molecule has 7 heteroatoms. The Kier molecular flexibility index (Phi) is 6.35. The van der Waals surface area contributed by atoms with Crippen molar-refractivity contribution in [3.05, 3.63) is 101 Å². The Morgan fingerprint density at radius 2 is 1.64 bits per heavy atom. The molecule has 170 valence electrons. The summed E-state index contributed by atoms with van der Waals surface area (Å²) in [5.41, 5.74) is 4.49.